The van der Waals surface area contributed by atoms with E-state index in [-0.39, 0.29) is 22.5 Å². The number of hydrogen-bond donors (Lipinski definition) is 1. The minimum atomic E-state index is -4.80. The Hall–Kier alpha value is -3.57. The molecule has 1 saturated carbocycles. The van der Waals surface area contributed by atoms with Gasteiger partial charge in [-0.25, -0.2) is 8.42 Å². The first kappa shape index (κ1) is 33.3. The molecule has 0 aromatic heterocycles. The van der Waals surface area contributed by atoms with Crippen LogP contribution in [0.4, 0.5) is 18.9 Å². The molecule has 1 aliphatic rings. The number of nitrogens with zero attached hydrogens (tertiary/aromatic N) is 2. The van der Waals surface area contributed by atoms with E-state index in [1.165, 1.54) is 29.2 Å². The molecule has 44 heavy (non-hydrogen) atoms. The number of nitrogens with one attached hydrogen (secondary N) is 1. The summed E-state index contributed by atoms with van der Waals surface area (Å²) < 4.78 is 69.5. The molecular formula is C32H35ClF3N3O4S. The van der Waals surface area contributed by atoms with Gasteiger partial charge in [-0.2, -0.15) is 13.2 Å². The number of halogens is 4. The maximum absolute atomic E-state index is 14.1. The van der Waals surface area contributed by atoms with E-state index < -0.39 is 51.9 Å². The lowest BCUT2D eigenvalue weighted by atomic mass is 9.95. The third-order valence-corrected chi connectivity index (χ3v) is 9.84. The summed E-state index contributed by atoms with van der Waals surface area (Å²) in [6.45, 7) is 2.52. The zero-order valence-electron chi connectivity index (χ0n) is 24.5. The number of anilines is 1. The molecule has 3 aromatic rings. The first-order chi connectivity index (χ1) is 20.8. The minimum Gasteiger partial charge on any atom is -0.352 e. The Morgan fingerprint density at radius 3 is 2.23 bits per heavy atom. The van der Waals surface area contributed by atoms with Crippen molar-refractivity contribution in [3.63, 3.8) is 0 Å². The number of sulfonamides is 1. The van der Waals surface area contributed by atoms with E-state index in [2.05, 4.69) is 5.32 Å². The molecule has 0 heterocycles. The van der Waals surface area contributed by atoms with E-state index in [4.69, 9.17) is 11.6 Å². The van der Waals surface area contributed by atoms with E-state index >= 15 is 0 Å². The molecule has 0 bridgehead atoms. The molecule has 236 valence electrons. The van der Waals surface area contributed by atoms with E-state index in [9.17, 15) is 31.2 Å². The van der Waals surface area contributed by atoms with Crippen LogP contribution in [-0.4, -0.2) is 43.8 Å². The minimum absolute atomic E-state index is 0.0334. The maximum atomic E-state index is 14.1. The number of hydrogen-bond acceptors (Lipinski definition) is 4. The molecule has 1 unspecified atom stereocenters. The topological polar surface area (TPSA) is 86.8 Å². The van der Waals surface area contributed by atoms with Crippen LogP contribution < -0.4 is 9.62 Å². The lowest BCUT2D eigenvalue weighted by molar-refractivity contribution is -0.139. The number of amides is 2. The van der Waals surface area contributed by atoms with Crippen LogP contribution in [0.25, 0.3) is 0 Å². The average Bonchev–Trinajstić information content (AvgIpc) is 3.00. The van der Waals surface area contributed by atoms with Gasteiger partial charge in [0.1, 0.15) is 12.6 Å². The van der Waals surface area contributed by atoms with Gasteiger partial charge < -0.3 is 10.2 Å². The smallest absolute Gasteiger partial charge is 0.352 e. The second kappa shape index (κ2) is 14.0. The number of aryl methyl sites for hydroxylation is 1. The molecule has 4 rings (SSSR count). The third-order valence-electron chi connectivity index (χ3n) is 7.74. The summed E-state index contributed by atoms with van der Waals surface area (Å²) in [5.74, 6) is -1.18. The summed E-state index contributed by atoms with van der Waals surface area (Å²) in [5.41, 5.74) is 0.0347. The highest BCUT2D eigenvalue weighted by molar-refractivity contribution is 7.92. The van der Waals surface area contributed by atoms with Gasteiger partial charge in [-0.05, 0) is 62.6 Å². The highest BCUT2D eigenvalue weighted by atomic mass is 35.5. The van der Waals surface area contributed by atoms with Crippen LogP contribution in [0.1, 0.15) is 55.7 Å². The van der Waals surface area contributed by atoms with E-state index in [1.807, 2.05) is 19.1 Å². The fraction of sp³-hybridized carbons (Fsp3) is 0.375. The molecule has 0 aliphatic heterocycles. The molecule has 2 amide bonds. The van der Waals surface area contributed by atoms with Crippen LogP contribution >= 0.6 is 11.6 Å². The normalized spacial score (nSPS) is 15.0. The Kier molecular flexibility index (Phi) is 10.6. The standard InChI is InChI=1S/C32H35ClF3N3O4S/c1-22-13-15-24(16-14-22)20-38(23(2)31(41)37-26-9-5-3-6-10-26)30(40)21-39(44(42,43)27-11-7-4-8-12-27)29-19-25(32(34,35)36)17-18-28(29)33/h4,7-8,11-19,23,26H,3,5-6,9-10,20-21H2,1-2H3,(H,37,41). The number of rotatable bonds is 10. The van der Waals surface area contributed by atoms with E-state index in [1.54, 1.807) is 25.1 Å². The average molecular weight is 650 g/mol. The molecule has 0 saturated heterocycles. The predicted octanol–water partition coefficient (Wildman–Crippen LogP) is 6.73. The Morgan fingerprint density at radius 1 is 0.977 bits per heavy atom. The quantitative estimate of drug-likeness (QED) is 0.264. The van der Waals surface area contributed by atoms with Gasteiger partial charge >= 0.3 is 6.18 Å². The SMILES string of the molecule is Cc1ccc(CN(C(=O)CN(c2cc(C(F)(F)F)ccc2Cl)S(=O)(=O)c2ccccc2)C(C)C(=O)NC2CCCCC2)cc1. The van der Waals surface area contributed by atoms with Crippen molar-refractivity contribution in [3.05, 3.63) is 94.5 Å². The molecule has 7 nitrogen and oxygen atoms in total. The number of carbonyl (C=O) groups is 2. The lowest BCUT2D eigenvalue weighted by Crippen LogP contribution is -2.53. The van der Waals surface area contributed by atoms with Crippen LogP contribution in [0.3, 0.4) is 0 Å². The molecule has 1 N–H and O–H groups in total. The zero-order valence-corrected chi connectivity index (χ0v) is 26.1. The molecular weight excluding hydrogens is 615 g/mol. The van der Waals surface area contributed by atoms with Crippen LogP contribution in [0, 0.1) is 6.92 Å². The monoisotopic (exact) mass is 649 g/mol. The Labute approximate surface area is 261 Å². The Morgan fingerprint density at radius 2 is 1.61 bits per heavy atom. The van der Waals surface area contributed by atoms with Crippen molar-refractivity contribution < 1.29 is 31.2 Å². The fourth-order valence-electron chi connectivity index (χ4n) is 5.15. The first-order valence-corrected chi connectivity index (χ1v) is 16.2. The second-order valence-corrected chi connectivity index (χ2v) is 13.3. The summed E-state index contributed by atoms with van der Waals surface area (Å²) in [5, 5.41) is 2.72. The summed E-state index contributed by atoms with van der Waals surface area (Å²) >= 11 is 6.30. The van der Waals surface area contributed by atoms with Gasteiger partial charge in [0, 0.05) is 12.6 Å². The highest BCUT2D eigenvalue weighted by Gasteiger charge is 2.36. The van der Waals surface area contributed by atoms with E-state index in [0.29, 0.717) is 15.9 Å². The fourth-order valence-corrected chi connectivity index (χ4v) is 6.87. The van der Waals surface area contributed by atoms with Gasteiger partial charge in [0.15, 0.2) is 0 Å². The molecule has 1 aliphatic carbocycles. The van der Waals surface area contributed by atoms with Crippen molar-refractivity contribution in [3.8, 4) is 0 Å². The van der Waals surface area contributed by atoms with E-state index in [0.717, 1.165) is 49.8 Å². The molecule has 3 aromatic carbocycles. The zero-order chi connectivity index (χ0) is 32.1. The Balaban J connectivity index is 1.74. The third kappa shape index (κ3) is 8.12. The van der Waals surface area contributed by atoms with Crippen LogP contribution in [0.15, 0.2) is 77.7 Å². The van der Waals surface area contributed by atoms with Crippen LogP contribution in [0.5, 0.6) is 0 Å². The summed E-state index contributed by atoms with van der Waals surface area (Å²) in [6.07, 6.45) is -0.105. The van der Waals surface area contributed by atoms with Gasteiger partial charge in [-0.1, -0.05) is 78.9 Å². The van der Waals surface area contributed by atoms with Crippen molar-refractivity contribution in [1.82, 2.24) is 10.2 Å². The molecule has 1 atom stereocenters. The summed E-state index contributed by atoms with van der Waals surface area (Å²) in [6, 6.07) is 15.6. The van der Waals surface area contributed by atoms with Crippen molar-refractivity contribution in [2.45, 2.75) is 75.7 Å². The molecule has 1 fully saturated rings. The number of alkyl halides is 3. The summed E-state index contributed by atoms with van der Waals surface area (Å²) in [4.78, 5) is 28.5. The highest BCUT2D eigenvalue weighted by Crippen LogP contribution is 2.37. The maximum Gasteiger partial charge on any atom is 0.416 e. The lowest BCUT2D eigenvalue weighted by Gasteiger charge is -2.33. The van der Waals surface area contributed by atoms with Crippen molar-refractivity contribution >= 4 is 39.1 Å². The number of carbonyl (C=O) groups excluding carboxylic acids is 2. The van der Waals surface area contributed by atoms with Gasteiger partial charge in [0.05, 0.1) is 21.2 Å². The van der Waals surface area contributed by atoms with Gasteiger partial charge in [-0.15, -0.1) is 0 Å². The van der Waals surface area contributed by atoms with Crippen molar-refractivity contribution in [2.75, 3.05) is 10.8 Å². The Bertz CT molecular complexity index is 1560. The van der Waals surface area contributed by atoms with Gasteiger partial charge in [0.2, 0.25) is 11.8 Å². The summed E-state index contributed by atoms with van der Waals surface area (Å²) in [7, 11) is -4.58. The first-order valence-electron chi connectivity index (χ1n) is 14.4. The second-order valence-electron chi connectivity index (χ2n) is 11.0. The molecule has 0 radical (unpaired) electrons. The molecule has 12 heteroatoms. The van der Waals surface area contributed by atoms with Crippen molar-refractivity contribution in [1.29, 1.82) is 0 Å². The number of benzene rings is 3. The van der Waals surface area contributed by atoms with Crippen molar-refractivity contribution in [2.24, 2.45) is 0 Å². The van der Waals surface area contributed by atoms with Crippen LogP contribution in [0.2, 0.25) is 5.02 Å². The van der Waals surface area contributed by atoms with Crippen LogP contribution in [-0.2, 0) is 32.3 Å². The molecule has 0 spiro atoms. The largest absolute Gasteiger partial charge is 0.416 e. The van der Waals surface area contributed by atoms with Gasteiger partial charge in [-0.3, -0.25) is 13.9 Å². The van der Waals surface area contributed by atoms with Gasteiger partial charge in [0.25, 0.3) is 10.0 Å². The predicted molar refractivity (Wildman–Crippen MR) is 164 cm³/mol.